The largest absolute Gasteiger partial charge is 0.477 e. The second kappa shape index (κ2) is 5.74. The predicted molar refractivity (Wildman–Crippen MR) is 75.4 cm³/mol. The Morgan fingerprint density at radius 2 is 1.95 bits per heavy atom. The summed E-state index contributed by atoms with van der Waals surface area (Å²) >= 11 is 6.67. The van der Waals surface area contributed by atoms with Crippen molar-refractivity contribution in [2.75, 3.05) is 5.32 Å². The molecule has 0 aliphatic carbocycles. The fraction of sp³-hybridized carbons (Fsp3) is 0. The van der Waals surface area contributed by atoms with Crippen LogP contribution >= 0.6 is 22.9 Å². The minimum Gasteiger partial charge on any atom is -0.477 e. The molecule has 1 heterocycles. The van der Waals surface area contributed by atoms with Gasteiger partial charge in [0.2, 0.25) is 0 Å². The number of hydrogen-bond acceptors (Lipinski definition) is 4. The van der Waals surface area contributed by atoms with Crippen LogP contribution in [0.5, 0.6) is 0 Å². The minimum absolute atomic E-state index is 0.0711. The Kier molecular flexibility index (Phi) is 4.03. The number of carboxylic acid groups (broad SMARTS) is 1. The highest BCUT2D eigenvalue weighted by Gasteiger charge is 2.14. The van der Waals surface area contributed by atoms with Gasteiger partial charge in [-0.1, -0.05) is 11.6 Å². The molecule has 20 heavy (non-hydrogen) atoms. The van der Waals surface area contributed by atoms with E-state index in [0.29, 0.717) is 5.02 Å². The van der Waals surface area contributed by atoms with Crippen molar-refractivity contribution in [2.45, 2.75) is 0 Å². The molecule has 2 rings (SSSR count). The number of nitrogens with zero attached hydrogens (tertiary/aromatic N) is 1. The molecule has 1 aromatic carbocycles. The lowest BCUT2D eigenvalue weighted by atomic mass is 10.2. The monoisotopic (exact) mass is 306 g/mol. The molecule has 0 aliphatic heterocycles. The van der Waals surface area contributed by atoms with Crippen LogP contribution in [0.1, 0.15) is 24.9 Å². The van der Waals surface area contributed by atoms with Crippen LogP contribution in [0.2, 0.25) is 5.02 Å². The molecule has 100 valence electrons. The van der Waals surface area contributed by atoms with Gasteiger partial charge in [-0.25, -0.2) is 4.79 Å². The number of benzene rings is 1. The number of nitrogens with one attached hydrogen (secondary N) is 1. The number of aromatic carboxylic acids is 1. The minimum atomic E-state index is -1.09. The van der Waals surface area contributed by atoms with E-state index in [-0.39, 0.29) is 21.0 Å². The van der Waals surface area contributed by atoms with Gasteiger partial charge in [0.25, 0.3) is 5.91 Å². The molecule has 1 amide bonds. The van der Waals surface area contributed by atoms with Crippen molar-refractivity contribution in [3.8, 4) is 6.07 Å². The molecular formula is C13H7ClN2O3S. The maximum absolute atomic E-state index is 12.0. The number of amides is 1. The third-order valence-corrected chi connectivity index (χ3v) is 3.70. The number of carbonyl (C=O) groups excluding carboxylic acids is 1. The highest BCUT2D eigenvalue weighted by atomic mass is 35.5. The smallest absolute Gasteiger partial charge is 0.345 e. The van der Waals surface area contributed by atoms with Gasteiger partial charge in [0.15, 0.2) is 0 Å². The number of hydrogen-bond donors (Lipinski definition) is 2. The van der Waals surface area contributed by atoms with Gasteiger partial charge in [0.05, 0.1) is 16.1 Å². The van der Waals surface area contributed by atoms with Gasteiger partial charge in [0.1, 0.15) is 10.9 Å². The number of carbonyl (C=O) groups is 2. The van der Waals surface area contributed by atoms with Gasteiger partial charge in [-0.2, -0.15) is 5.26 Å². The standard InChI is InChI=1S/C13H7ClN2O3S/c14-8-2-1-7(6-15)9(5-8)16-12(17)10-3-4-11(20-10)13(18)19/h1-5H,(H,16,17)(H,18,19). The summed E-state index contributed by atoms with van der Waals surface area (Å²) in [4.78, 5) is 23.1. The third kappa shape index (κ3) is 2.96. The topological polar surface area (TPSA) is 90.2 Å². The van der Waals surface area contributed by atoms with Gasteiger partial charge in [-0.3, -0.25) is 4.79 Å². The molecule has 0 unspecified atom stereocenters. The lowest BCUT2D eigenvalue weighted by Gasteiger charge is -2.06. The molecule has 0 bridgehead atoms. The van der Waals surface area contributed by atoms with E-state index in [0.717, 1.165) is 11.3 Å². The molecule has 0 aliphatic rings. The molecule has 0 saturated carbocycles. The maximum Gasteiger partial charge on any atom is 0.345 e. The van der Waals surface area contributed by atoms with E-state index < -0.39 is 11.9 Å². The van der Waals surface area contributed by atoms with Gasteiger partial charge in [-0.15, -0.1) is 11.3 Å². The normalized spacial score (nSPS) is 9.80. The summed E-state index contributed by atoms with van der Waals surface area (Å²) in [6, 6.07) is 9.21. The SMILES string of the molecule is N#Cc1ccc(Cl)cc1NC(=O)c1ccc(C(=O)O)s1. The third-order valence-electron chi connectivity index (χ3n) is 2.39. The van der Waals surface area contributed by atoms with Crippen LogP contribution in [0.4, 0.5) is 5.69 Å². The molecule has 0 saturated heterocycles. The summed E-state index contributed by atoms with van der Waals surface area (Å²) in [5.74, 6) is -1.57. The van der Waals surface area contributed by atoms with Crippen molar-refractivity contribution in [1.82, 2.24) is 0 Å². The number of halogens is 1. The van der Waals surface area contributed by atoms with Crippen LogP contribution in [-0.4, -0.2) is 17.0 Å². The molecule has 0 fully saturated rings. The van der Waals surface area contributed by atoms with Crippen molar-refractivity contribution < 1.29 is 14.7 Å². The summed E-state index contributed by atoms with van der Waals surface area (Å²) < 4.78 is 0. The zero-order valence-electron chi connectivity index (χ0n) is 9.88. The zero-order valence-corrected chi connectivity index (χ0v) is 11.5. The van der Waals surface area contributed by atoms with Gasteiger partial charge >= 0.3 is 5.97 Å². The van der Waals surface area contributed by atoms with E-state index in [1.54, 1.807) is 6.07 Å². The predicted octanol–water partition coefficient (Wildman–Crippen LogP) is 3.22. The van der Waals surface area contributed by atoms with Crippen LogP contribution in [0, 0.1) is 11.3 Å². The number of anilines is 1. The summed E-state index contributed by atoms with van der Waals surface area (Å²) in [5, 5.41) is 20.7. The fourth-order valence-electron chi connectivity index (χ4n) is 1.48. The highest BCUT2D eigenvalue weighted by molar-refractivity contribution is 7.15. The summed E-state index contributed by atoms with van der Waals surface area (Å²) in [5.41, 5.74) is 0.563. The summed E-state index contributed by atoms with van der Waals surface area (Å²) in [6.07, 6.45) is 0. The van der Waals surface area contributed by atoms with Crippen LogP contribution in [0.3, 0.4) is 0 Å². The van der Waals surface area contributed by atoms with E-state index in [4.69, 9.17) is 22.0 Å². The van der Waals surface area contributed by atoms with E-state index in [1.807, 2.05) is 6.07 Å². The molecule has 7 heteroatoms. The Morgan fingerprint density at radius 3 is 2.55 bits per heavy atom. The Balaban J connectivity index is 2.25. The first-order valence-corrected chi connectivity index (χ1v) is 6.55. The molecular weight excluding hydrogens is 300 g/mol. The molecule has 0 atom stereocenters. The van der Waals surface area contributed by atoms with E-state index >= 15 is 0 Å². The van der Waals surface area contributed by atoms with Crippen LogP contribution in [0.25, 0.3) is 0 Å². The van der Waals surface area contributed by atoms with E-state index in [2.05, 4.69) is 5.32 Å². The average molecular weight is 307 g/mol. The molecule has 2 N–H and O–H groups in total. The Morgan fingerprint density at radius 1 is 1.25 bits per heavy atom. The highest BCUT2D eigenvalue weighted by Crippen LogP contribution is 2.23. The van der Waals surface area contributed by atoms with Gasteiger partial charge in [-0.05, 0) is 30.3 Å². The first-order chi connectivity index (χ1) is 9.51. The number of rotatable bonds is 3. The maximum atomic E-state index is 12.0. The summed E-state index contributed by atoms with van der Waals surface area (Å²) in [6.45, 7) is 0. The number of carboxylic acids is 1. The number of thiophene rings is 1. The lowest BCUT2D eigenvalue weighted by Crippen LogP contribution is -2.11. The second-order valence-electron chi connectivity index (χ2n) is 3.72. The van der Waals surface area contributed by atoms with Crippen LogP contribution < -0.4 is 5.32 Å². The van der Waals surface area contributed by atoms with Crippen molar-refractivity contribution >= 4 is 40.5 Å². The fourth-order valence-corrected chi connectivity index (χ4v) is 2.39. The van der Waals surface area contributed by atoms with Crippen LogP contribution in [0.15, 0.2) is 30.3 Å². The molecule has 0 radical (unpaired) electrons. The van der Waals surface area contributed by atoms with Gasteiger partial charge < -0.3 is 10.4 Å². The Labute approximate surface area is 123 Å². The van der Waals surface area contributed by atoms with Crippen molar-refractivity contribution in [2.24, 2.45) is 0 Å². The van der Waals surface area contributed by atoms with E-state index in [9.17, 15) is 9.59 Å². The van der Waals surface area contributed by atoms with Gasteiger partial charge in [0, 0.05) is 5.02 Å². The van der Waals surface area contributed by atoms with Crippen molar-refractivity contribution in [1.29, 1.82) is 5.26 Å². The molecule has 1 aromatic heterocycles. The lowest BCUT2D eigenvalue weighted by molar-refractivity contribution is 0.0702. The quantitative estimate of drug-likeness (QED) is 0.911. The molecule has 0 spiro atoms. The molecule has 2 aromatic rings. The van der Waals surface area contributed by atoms with Crippen molar-refractivity contribution in [3.05, 3.63) is 50.7 Å². The Bertz CT molecular complexity index is 733. The zero-order chi connectivity index (χ0) is 14.7. The second-order valence-corrected chi connectivity index (χ2v) is 5.25. The molecule has 5 nitrogen and oxygen atoms in total. The average Bonchev–Trinajstić information content (AvgIpc) is 2.89. The van der Waals surface area contributed by atoms with E-state index in [1.165, 1.54) is 24.3 Å². The summed E-state index contributed by atoms with van der Waals surface area (Å²) in [7, 11) is 0. The first kappa shape index (κ1) is 14.1. The first-order valence-electron chi connectivity index (χ1n) is 5.35. The van der Waals surface area contributed by atoms with Crippen LogP contribution in [-0.2, 0) is 0 Å². The number of nitriles is 1. The Hall–Kier alpha value is -2.36. The van der Waals surface area contributed by atoms with Crippen molar-refractivity contribution in [3.63, 3.8) is 0 Å².